The summed E-state index contributed by atoms with van der Waals surface area (Å²) in [6.07, 6.45) is 3.99. The molecule has 4 unspecified atom stereocenters. The summed E-state index contributed by atoms with van der Waals surface area (Å²) in [7, 11) is 0. The standard InChI is InChI=1S/C14H22N2O3/c1-7(2)16(6-10(17)18)14(19)15-13-11-8-3-4-9(5-8)12(11)13/h7-9,11-13H,3-6H2,1-2H3,(H,15,19)(H,17,18). The van der Waals surface area contributed by atoms with E-state index in [0.29, 0.717) is 17.9 Å². The molecule has 0 radical (unpaired) electrons. The zero-order chi connectivity index (χ0) is 13.7. The van der Waals surface area contributed by atoms with Gasteiger partial charge < -0.3 is 15.3 Å². The normalized spacial score (nSPS) is 38.2. The van der Waals surface area contributed by atoms with E-state index in [1.807, 2.05) is 13.8 Å². The van der Waals surface area contributed by atoms with E-state index >= 15 is 0 Å². The Hall–Kier alpha value is -1.26. The van der Waals surface area contributed by atoms with E-state index in [2.05, 4.69) is 5.32 Å². The zero-order valence-corrected chi connectivity index (χ0v) is 11.5. The van der Waals surface area contributed by atoms with Crippen LogP contribution in [0, 0.1) is 23.7 Å². The Morgan fingerprint density at radius 2 is 1.84 bits per heavy atom. The van der Waals surface area contributed by atoms with Crippen molar-refractivity contribution in [3.05, 3.63) is 0 Å². The summed E-state index contributed by atoms with van der Waals surface area (Å²) in [5.74, 6) is 2.03. The second-order valence-corrected chi connectivity index (χ2v) is 6.58. The number of hydrogen-bond donors (Lipinski definition) is 2. The van der Waals surface area contributed by atoms with Crippen LogP contribution in [0.25, 0.3) is 0 Å². The van der Waals surface area contributed by atoms with Crippen LogP contribution in [0.2, 0.25) is 0 Å². The van der Waals surface area contributed by atoms with Crippen LogP contribution >= 0.6 is 0 Å². The molecule has 0 aromatic heterocycles. The predicted molar refractivity (Wildman–Crippen MR) is 69.6 cm³/mol. The number of nitrogens with zero attached hydrogens (tertiary/aromatic N) is 1. The molecule has 0 aromatic carbocycles. The third-order valence-corrected chi connectivity index (χ3v) is 5.22. The number of fused-ring (bicyclic) bond motifs is 5. The quantitative estimate of drug-likeness (QED) is 0.811. The van der Waals surface area contributed by atoms with Crippen LogP contribution in [-0.2, 0) is 4.79 Å². The van der Waals surface area contributed by atoms with Crippen molar-refractivity contribution in [3.8, 4) is 0 Å². The lowest BCUT2D eigenvalue weighted by atomic mass is 10.0. The number of carboxylic acids is 1. The Bertz CT molecular complexity index is 393. The topological polar surface area (TPSA) is 69.6 Å². The van der Waals surface area contributed by atoms with Crippen LogP contribution in [0.5, 0.6) is 0 Å². The van der Waals surface area contributed by atoms with E-state index in [1.54, 1.807) is 0 Å². The summed E-state index contributed by atoms with van der Waals surface area (Å²) >= 11 is 0. The van der Waals surface area contributed by atoms with Crippen LogP contribution in [0.3, 0.4) is 0 Å². The van der Waals surface area contributed by atoms with Gasteiger partial charge in [0.25, 0.3) is 0 Å². The van der Waals surface area contributed by atoms with Gasteiger partial charge in [-0.25, -0.2) is 4.79 Å². The number of rotatable bonds is 4. The minimum atomic E-state index is -0.958. The fourth-order valence-electron chi connectivity index (χ4n) is 4.38. The van der Waals surface area contributed by atoms with Crippen molar-refractivity contribution in [2.45, 2.75) is 45.2 Å². The molecule has 106 valence electrons. The summed E-state index contributed by atoms with van der Waals surface area (Å²) in [5, 5.41) is 11.9. The first-order chi connectivity index (χ1) is 8.99. The lowest BCUT2D eigenvalue weighted by Crippen LogP contribution is -2.48. The van der Waals surface area contributed by atoms with Gasteiger partial charge in [0.15, 0.2) is 0 Å². The highest BCUT2D eigenvalue weighted by molar-refractivity contribution is 5.80. The average molecular weight is 266 g/mol. The van der Waals surface area contributed by atoms with Gasteiger partial charge in [-0.2, -0.15) is 0 Å². The third kappa shape index (κ3) is 2.09. The molecule has 3 aliphatic rings. The van der Waals surface area contributed by atoms with E-state index < -0.39 is 5.97 Å². The first kappa shape index (κ1) is 12.8. The molecule has 5 heteroatoms. The maximum absolute atomic E-state index is 12.2. The Kier molecular flexibility index (Phi) is 2.95. The monoisotopic (exact) mass is 266 g/mol. The van der Waals surface area contributed by atoms with Gasteiger partial charge in [0, 0.05) is 12.1 Å². The molecule has 0 saturated heterocycles. The maximum Gasteiger partial charge on any atom is 0.323 e. The van der Waals surface area contributed by atoms with Gasteiger partial charge in [0.1, 0.15) is 6.54 Å². The molecule has 3 fully saturated rings. The molecule has 0 heterocycles. The Balaban J connectivity index is 1.58. The number of carbonyl (C=O) groups is 2. The lowest BCUT2D eigenvalue weighted by molar-refractivity contribution is -0.138. The Labute approximate surface area is 113 Å². The SMILES string of the molecule is CC(C)N(CC(=O)O)C(=O)NC1C2C3CCC(C3)C12. The second kappa shape index (κ2) is 4.39. The molecule has 0 aromatic rings. The summed E-state index contributed by atoms with van der Waals surface area (Å²) in [4.78, 5) is 24.4. The van der Waals surface area contributed by atoms with Crippen molar-refractivity contribution in [2.24, 2.45) is 23.7 Å². The molecule has 4 atom stereocenters. The van der Waals surface area contributed by atoms with Crippen molar-refractivity contribution in [2.75, 3.05) is 6.54 Å². The van der Waals surface area contributed by atoms with Crippen LogP contribution in [0.15, 0.2) is 0 Å². The third-order valence-electron chi connectivity index (χ3n) is 5.22. The zero-order valence-electron chi connectivity index (χ0n) is 11.5. The van der Waals surface area contributed by atoms with E-state index in [9.17, 15) is 9.59 Å². The van der Waals surface area contributed by atoms with Gasteiger partial charge >= 0.3 is 12.0 Å². The van der Waals surface area contributed by atoms with E-state index in [-0.39, 0.29) is 18.6 Å². The summed E-state index contributed by atoms with van der Waals surface area (Å²) in [6.45, 7) is 3.47. The van der Waals surface area contributed by atoms with Crippen LogP contribution < -0.4 is 5.32 Å². The predicted octanol–water partition coefficient (Wildman–Crippen LogP) is 1.54. The Morgan fingerprint density at radius 1 is 1.26 bits per heavy atom. The number of carbonyl (C=O) groups excluding carboxylic acids is 1. The Morgan fingerprint density at radius 3 is 2.32 bits per heavy atom. The number of aliphatic carboxylic acids is 1. The number of nitrogens with one attached hydrogen (secondary N) is 1. The van der Waals surface area contributed by atoms with Crippen molar-refractivity contribution in [1.82, 2.24) is 10.2 Å². The van der Waals surface area contributed by atoms with E-state index in [1.165, 1.54) is 24.2 Å². The molecular formula is C14H22N2O3. The fraction of sp³-hybridized carbons (Fsp3) is 0.857. The number of amides is 2. The molecule has 3 aliphatic carbocycles. The minimum Gasteiger partial charge on any atom is -0.480 e. The molecule has 2 N–H and O–H groups in total. The minimum absolute atomic E-state index is 0.0913. The van der Waals surface area contributed by atoms with E-state index in [4.69, 9.17) is 5.11 Å². The van der Waals surface area contributed by atoms with Gasteiger partial charge in [-0.05, 0) is 56.8 Å². The van der Waals surface area contributed by atoms with Gasteiger partial charge in [0.05, 0.1) is 0 Å². The molecule has 19 heavy (non-hydrogen) atoms. The molecule has 2 bridgehead atoms. The smallest absolute Gasteiger partial charge is 0.323 e. The fourth-order valence-corrected chi connectivity index (χ4v) is 4.38. The van der Waals surface area contributed by atoms with Gasteiger partial charge in [0.2, 0.25) is 0 Å². The molecular weight excluding hydrogens is 244 g/mol. The van der Waals surface area contributed by atoms with Crippen molar-refractivity contribution in [3.63, 3.8) is 0 Å². The lowest BCUT2D eigenvalue weighted by Gasteiger charge is -2.25. The van der Waals surface area contributed by atoms with Gasteiger partial charge in [-0.3, -0.25) is 4.79 Å². The van der Waals surface area contributed by atoms with E-state index in [0.717, 1.165) is 11.8 Å². The molecule has 5 nitrogen and oxygen atoms in total. The number of urea groups is 1. The average Bonchev–Trinajstić information content (AvgIpc) is 2.72. The second-order valence-electron chi connectivity index (χ2n) is 6.58. The van der Waals surface area contributed by atoms with Crippen LogP contribution in [-0.4, -0.2) is 40.6 Å². The van der Waals surface area contributed by atoms with Crippen LogP contribution in [0.4, 0.5) is 4.79 Å². The van der Waals surface area contributed by atoms with Crippen molar-refractivity contribution in [1.29, 1.82) is 0 Å². The highest BCUT2D eigenvalue weighted by atomic mass is 16.4. The maximum atomic E-state index is 12.2. The molecule has 3 rings (SSSR count). The summed E-state index contributed by atoms with van der Waals surface area (Å²) in [6, 6.07) is 0.0106. The molecule has 0 spiro atoms. The highest BCUT2D eigenvalue weighted by Crippen LogP contribution is 2.65. The summed E-state index contributed by atoms with van der Waals surface area (Å²) in [5.41, 5.74) is 0. The first-order valence-electron chi connectivity index (χ1n) is 7.28. The highest BCUT2D eigenvalue weighted by Gasteiger charge is 2.65. The van der Waals surface area contributed by atoms with Gasteiger partial charge in [-0.15, -0.1) is 0 Å². The summed E-state index contributed by atoms with van der Waals surface area (Å²) < 4.78 is 0. The van der Waals surface area contributed by atoms with Crippen molar-refractivity contribution < 1.29 is 14.7 Å². The molecule has 2 amide bonds. The number of hydrogen-bond acceptors (Lipinski definition) is 2. The first-order valence-corrected chi connectivity index (χ1v) is 7.28. The molecule has 3 saturated carbocycles. The van der Waals surface area contributed by atoms with Gasteiger partial charge in [-0.1, -0.05) is 0 Å². The molecule has 0 aliphatic heterocycles. The van der Waals surface area contributed by atoms with Crippen molar-refractivity contribution >= 4 is 12.0 Å². The number of carboxylic acid groups (broad SMARTS) is 1. The van der Waals surface area contributed by atoms with Crippen LogP contribution in [0.1, 0.15) is 33.1 Å². The largest absolute Gasteiger partial charge is 0.480 e.